The zero-order valence-corrected chi connectivity index (χ0v) is 11.8. The number of carbonyl (C=O) groups excluding carboxylic acids is 2. The smallest absolute Gasteiger partial charge is 0.407 e. The van der Waals surface area contributed by atoms with Crippen LogP contribution in [0.4, 0.5) is 4.79 Å². The monoisotopic (exact) mass is 279 g/mol. The van der Waals surface area contributed by atoms with Crippen molar-refractivity contribution >= 4 is 12.1 Å². The fourth-order valence-corrected chi connectivity index (χ4v) is 1.61. The molecular formula is C15H21NO4. The Morgan fingerprint density at radius 2 is 1.90 bits per heavy atom. The molecule has 0 unspecified atom stereocenters. The van der Waals surface area contributed by atoms with E-state index in [2.05, 4.69) is 5.32 Å². The molecule has 5 nitrogen and oxygen atoms in total. The lowest BCUT2D eigenvalue weighted by atomic mass is 10.2. The summed E-state index contributed by atoms with van der Waals surface area (Å²) in [4.78, 5) is 22.4. The summed E-state index contributed by atoms with van der Waals surface area (Å²) in [7, 11) is 0. The third-order valence-electron chi connectivity index (χ3n) is 2.60. The van der Waals surface area contributed by atoms with E-state index in [0.717, 1.165) is 5.56 Å². The van der Waals surface area contributed by atoms with Gasteiger partial charge in [0, 0.05) is 19.4 Å². The van der Waals surface area contributed by atoms with E-state index in [1.165, 1.54) is 0 Å². The predicted molar refractivity (Wildman–Crippen MR) is 75.4 cm³/mol. The summed E-state index contributed by atoms with van der Waals surface area (Å²) in [5, 5.41) is 2.60. The first-order valence-electron chi connectivity index (χ1n) is 6.82. The van der Waals surface area contributed by atoms with Gasteiger partial charge in [-0.2, -0.15) is 0 Å². The van der Waals surface area contributed by atoms with Crippen LogP contribution >= 0.6 is 0 Å². The molecule has 1 N–H and O–H groups in total. The average molecular weight is 279 g/mol. The molecule has 1 aromatic carbocycles. The molecule has 0 saturated carbocycles. The maximum Gasteiger partial charge on any atom is 0.407 e. The van der Waals surface area contributed by atoms with Crippen molar-refractivity contribution in [1.82, 2.24) is 5.32 Å². The van der Waals surface area contributed by atoms with Crippen molar-refractivity contribution in [3.05, 3.63) is 35.9 Å². The molecule has 0 saturated heterocycles. The van der Waals surface area contributed by atoms with Crippen molar-refractivity contribution in [1.29, 1.82) is 0 Å². The normalized spacial score (nSPS) is 9.85. The van der Waals surface area contributed by atoms with E-state index >= 15 is 0 Å². The molecule has 1 amide bonds. The third-order valence-corrected chi connectivity index (χ3v) is 2.60. The van der Waals surface area contributed by atoms with Gasteiger partial charge in [-0.1, -0.05) is 30.3 Å². The lowest BCUT2D eigenvalue weighted by molar-refractivity contribution is -0.143. The first-order valence-corrected chi connectivity index (χ1v) is 6.82. The van der Waals surface area contributed by atoms with E-state index in [0.29, 0.717) is 39.0 Å². The molecule has 0 aliphatic rings. The Balaban J connectivity index is 2.02. The minimum atomic E-state index is -0.454. The summed E-state index contributed by atoms with van der Waals surface area (Å²) < 4.78 is 9.81. The number of hydrogen-bond acceptors (Lipinski definition) is 4. The highest BCUT2D eigenvalue weighted by atomic mass is 16.5. The van der Waals surface area contributed by atoms with Gasteiger partial charge in [0.15, 0.2) is 0 Å². The molecule has 5 heteroatoms. The second-order valence-corrected chi connectivity index (χ2v) is 4.21. The van der Waals surface area contributed by atoms with Gasteiger partial charge in [-0.05, 0) is 18.9 Å². The van der Waals surface area contributed by atoms with Gasteiger partial charge < -0.3 is 14.8 Å². The summed E-state index contributed by atoms with van der Waals surface area (Å²) in [6.45, 7) is 2.89. The third kappa shape index (κ3) is 7.41. The Hall–Kier alpha value is -2.04. The van der Waals surface area contributed by atoms with Crippen molar-refractivity contribution in [2.24, 2.45) is 0 Å². The molecule has 0 aromatic heterocycles. The molecule has 0 radical (unpaired) electrons. The van der Waals surface area contributed by atoms with Gasteiger partial charge in [0.25, 0.3) is 0 Å². The van der Waals surface area contributed by atoms with Gasteiger partial charge in [0.1, 0.15) is 0 Å². The average Bonchev–Trinajstić information content (AvgIpc) is 2.45. The number of benzene rings is 1. The van der Waals surface area contributed by atoms with Crippen LogP contribution in [0.3, 0.4) is 0 Å². The molecule has 0 bridgehead atoms. The van der Waals surface area contributed by atoms with Gasteiger partial charge in [-0.3, -0.25) is 4.79 Å². The van der Waals surface area contributed by atoms with Gasteiger partial charge >= 0.3 is 12.1 Å². The molecular weight excluding hydrogens is 258 g/mol. The van der Waals surface area contributed by atoms with Gasteiger partial charge in [0.2, 0.25) is 0 Å². The number of rotatable bonds is 8. The van der Waals surface area contributed by atoms with E-state index < -0.39 is 6.09 Å². The maximum absolute atomic E-state index is 11.4. The molecule has 110 valence electrons. The number of esters is 1. The van der Waals surface area contributed by atoms with Crippen LogP contribution in [-0.2, 0) is 20.7 Å². The van der Waals surface area contributed by atoms with E-state index in [1.54, 1.807) is 6.92 Å². The first kappa shape index (κ1) is 16.0. The highest BCUT2D eigenvalue weighted by Crippen LogP contribution is 1.99. The van der Waals surface area contributed by atoms with Crippen LogP contribution in [0.15, 0.2) is 30.3 Å². The lowest BCUT2D eigenvalue weighted by Crippen LogP contribution is -2.26. The SMILES string of the molecule is CCOC(=O)CCCNC(=O)OCCc1ccccc1. The highest BCUT2D eigenvalue weighted by molar-refractivity contribution is 5.69. The van der Waals surface area contributed by atoms with Crippen molar-refractivity contribution in [2.45, 2.75) is 26.2 Å². The van der Waals surface area contributed by atoms with Crippen molar-refractivity contribution in [2.75, 3.05) is 19.8 Å². The molecule has 1 rings (SSSR count). The zero-order valence-electron chi connectivity index (χ0n) is 11.8. The van der Waals surface area contributed by atoms with Crippen LogP contribution in [0, 0.1) is 0 Å². The number of carbonyl (C=O) groups is 2. The van der Waals surface area contributed by atoms with Crippen molar-refractivity contribution in [3.63, 3.8) is 0 Å². The summed E-state index contributed by atoms with van der Waals surface area (Å²) in [5.74, 6) is -0.244. The van der Waals surface area contributed by atoms with Crippen molar-refractivity contribution < 1.29 is 19.1 Å². The molecule has 0 fully saturated rings. The maximum atomic E-state index is 11.4. The van der Waals surface area contributed by atoms with Gasteiger partial charge in [-0.15, -0.1) is 0 Å². The number of hydrogen-bond donors (Lipinski definition) is 1. The largest absolute Gasteiger partial charge is 0.466 e. The fraction of sp³-hybridized carbons (Fsp3) is 0.467. The van der Waals surface area contributed by atoms with E-state index in [9.17, 15) is 9.59 Å². The summed E-state index contributed by atoms with van der Waals surface area (Å²) >= 11 is 0. The minimum Gasteiger partial charge on any atom is -0.466 e. The second kappa shape index (κ2) is 9.83. The Morgan fingerprint density at radius 1 is 1.15 bits per heavy atom. The van der Waals surface area contributed by atoms with E-state index in [4.69, 9.17) is 9.47 Å². The Kier molecular flexibility index (Phi) is 7.87. The molecule has 20 heavy (non-hydrogen) atoms. The quantitative estimate of drug-likeness (QED) is 0.586. The van der Waals surface area contributed by atoms with Crippen LogP contribution in [-0.4, -0.2) is 31.8 Å². The number of nitrogens with one attached hydrogen (secondary N) is 1. The Morgan fingerprint density at radius 3 is 2.60 bits per heavy atom. The Labute approximate surface area is 119 Å². The second-order valence-electron chi connectivity index (χ2n) is 4.21. The van der Waals surface area contributed by atoms with Crippen LogP contribution in [0.5, 0.6) is 0 Å². The topological polar surface area (TPSA) is 64.6 Å². The van der Waals surface area contributed by atoms with E-state index in [-0.39, 0.29) is 5.97 Å². The summed E-state index contributed by atoms with van der Waals surface area (Å²) in [6, 6.07) is 9.82. The van der Waals surface area contributed by atoms with Crippen LogP contribution in [0.2, 0.25) is 0 Å². The van der Waals surface area contributed by atoms with Crippen LogP contribution in [0.1, 0.15) is 25.3 Å². The van der Waals surface area contributed by atoms with Gasteiger partial charge in [0.05, 0.1) is 13.2 Å². The molecule has 0 atom stereocenters. The number of amides is 1. The molecule has 0 heterocycles. The standard InChI is InChI=1S/C15H21NO4/c1-2-19-14(17)9-6-11-16-15(18)20-12-10-13-7-4-3-5-8-13/h3-5,7-8H,2,6,9-12H2,1H3,(H,16,18). The number of ether oxygens (including phenoxy) is 2. The number of alkyl carbamates (subject to hydrolysis) is 1. The Bertz CT molecular complexity index is 406. The summed E-state index contributed by atoms with van der Waals surface area (Å²) in [6.07, 6.45) is 1.09. The molecule has 0 aliphatic carbocycles. The van der Waals surface area contributed by atoms with E-state index in [1.807, 2.05) is 30.3 Å². The molecule has 0 spiro atoms. The summed E-state index contributed by atoms with van der Waals surface area (Å²) in [5.41, 5.74) is 1.13. The van der Waals surface area contributed by atoms with Gasteiger partial charge in [-0.25, -0.2) is 4.79 Å². The highest BCUT2D eigenvalue weighted by Gasteiger charge is 2.04. The molecule has 1 aromatic rings. The van der Waals surface area contributed by atoms with Crippen molar-refractivity contribution in [3.8, 4) is 0 Å². The first-order chi connectivity index (χ1) is 9.72. The molecule has 0 aliphatic heterocycles. The fourth-order valence-electron chi connectivity index (χ4n) is 1.61. The van der Waals surface area contributed by atoms with Crippen LogP contribution < -0.4 is 5.32 Å². The minimum absolute atomic E-state index is 0.244. The van der Waals surface area contributed by atoms with Crippen LogP contribution in [0.25, 0.3) is 0 Å². The zero-order chi connectivity index (χ0) is 14.6. The lowest BCUT2D eigenvalue weighted by Gasteiger charge is -2.07. The predicted octanol–water partition coefficient (Wildman–Crippen LogP) is 2.30.